The van der Waals surface area contributed by atoms with E-state index < -0.39 is 11.9 Å². The van der Waals surface area contributed by atoms with Crippen LogP contribution in [0.2, 0.25) is 0 Å². The van der Waals surface area contributed by atoms with Gasteiger partial charge in [-0.25, -0.2) is 0 Å². The maximum absolute atomic E-state index is 11.3. The number of hydrogen-bond acceptors (Lipinski definition) is 1. The van der Waals surface area contributed by atoms with Gasteiger partial charge in [-0.15, -0.1) is 0 Å². The van der Waals surface area contributed by atoms with Gasteiger partial charge in [0, 0.05) is 0 Å². The Labute approximate surface area is 141 Å². The zero-order valence-electron chi connectivity index (χ0n) is 8.71. The van der Waals surface area contributed by atoms with Crippen LogP contribution < -0.4 is 0 Å². The molecule has 0 bridgehead atoms. The predicted molar refractivity (Wildman–Crippen MR) is 70.9 cm³/mol. The zero-order chi connectivity index (χ0) is 11.4. The van der Waals surface area contributed by atoms with E-state index in [0.29, 0.717) is 0 Å². The van der Waals surface area contributed by atoms with Gasteiger partial charge in [-0.05, 0) is 11.1 Å². The molecule has 0 aromatic heterocycles. The third kappa shape index (κ3) is 3.73. The summed E-state index contributed by atoms with van der Waals surface area (Å²) in [6.07, 6.45) is 0. The number of carboxylic acids is 1. The van der Waals surface area contributed by atoms with Crippen molar-refractivity contribution in [1.29, 1.82) is 0 Å². The third-order valence-electron chi connectivity index (χ3n) is 2.51. The van der Waals surface area contributed by atoms with Crippen LogP contribution in [-0.4, -0.2) is 60.0 Å². The molecule has 0 fully saturated rings. The van der Waals surface area contributed by atoms with E-state index in [0.717, 1.165) is 11.1 Å². The van der Waals surface area contributed by atoms with E-state index in [1.807, 2.05) is 60.7 Å². The van der Waals surface area contributed by atoms with Crippen molar-refractivity contribution in [3.63, 3.8) is 0 Å². The predicted octanol–water partition coefficient (Wildman–Crippen LogP) is 1.99. The molecular formula is C14H14BaO2. The van der Waals surface area contributed by atoms with Crippen molar-refractivity contribution in [3.05, 3.63) is 71.8 Å². The Morgan fingerprint density at radius 2 is 1.18 bits per heavy atom. The number of carboxylic acid groups (broad SMARTS) is 1. The first-order chi connectivity index (χ1) is 7.79. The van der Waals surface area contributed by atoms with Crippen LogP contribution >= 0.6 is 0 Å². The van der Waals surface area contributed by atoms with Crippen molar-refractivity contribution in [2.75, 3.05) is 0 Å². The van der Waals surface area contributed by atoms with Gasteiger partial charge in [0.15, 0.2) is 0 Å². The van der Waals surface area contributed by atoms with Gasteiger partial charge in [0.1, 0.15) is 5.92 Å². The average molecular weight is 352 g/mol. The average Bonchev–Trinajstić information content (AvgIpc) is 2.31. The molecule has 0 radical (unpaired) electrons. The minimum atomic E-state index is -0.822. The summed E-state index contributed by atoms with van der Waals surface area (Å²) in [5.74, 6) is -1.40. The van der Waals surface area contributed by atoms with Gasteiger partial charge in [0.25, 0.3) is 0 Å². The fraction of sp³-hybridized carbons (Fsp3) is 0.0714. The Morgan fingerprint density at radius 1 is 0.824 bits per heavy atom. The van der Waals surface area contributed by atoms with Crippen LogP contribution in [0.5, 0.6) is 0 Å². The first kappa shape index (κ1) is 14.5. The van der Waals surface area contributed by atoms with E-state index in [1.54, 1.807) is 0 Å². The maximum atomic E-state index is 11.3. The minimum absolute atomic E-state index is 0. The van der Waals surface area contributed by atoms with E-state index in [2.05, 4.69) is 0 Å². The number of aliphatic carboxylic acids is 1. The molecule has 0 spiro atoms. The summed E-state index contributed by atoms with van der Waals surface area (Å²) in [6.45, 7) is 0. The van der Waals surface area contributed by atoms with Gasteiger partial charge in [-0.1, -0.05) is 60.7 Å². The van der Waals surface area contributed by atoms with Crippen molar-refractivity contribution in [3.8, 4) is 0 Å². The van der Waals surface area contributed by atoms with Gasteiger partial charge >= 0.3 is 54.9 Å². The normalized spacial score (nSPS) is 9.71. The molecule has 2 nitrogen and oxygen atoms in total. The van der Waals surface area contributed by atoms with Gasteiger partial charge in [-0.2, -0.15) is 0 Å². The van der Waals surface area contributed by atoms with E-state index in [9.17, 15) is 9.90 Å². The van der Waals surface area contributed by atoms with Crippen LogP contribution in [0.15, 0.2) is 60.7 Å². The molecule has 3 heteroatoms. The van der Waals surface area contributed by atoms with Crippen molar-refractivity contribution in [1.82, 2.24) is 0 Å². The Morgan fingerprint density at radius 3 is 1.47 bits per heavy atom. The molecule has 0 aliphatic rings. The molecule has 0 amide bonds. The van der Waals surface area contributed by atoms with Crippen LogP contribution in [0.4, 0.5) is 0 Å². The molecule has 17 heavy (non-hydrogen) atoms. The second-order valence-electron chi connectivity index (χ2n) is 3.59. The molecule has 2 aromatic carbocycles. The first-order valence-electron chi connectivity index (χ1n) is 5.12. The molecule has 0 aliphatic carbocycles. The van der Waals surface area contributed by atoms with Gasteiger partial charge < -0.3 is 5.11 Å². The molecule has 0 saturated carbocycles. The molecule has 0 saturated heterocycles. The number of carbonyl (C=O) groups is 1. The Kier molecular flexibility index (Phi) is 6.02. The molecule has 2 aromatic rings. The van der Waals surface area contributed by atoms with Crippen LogP contribution in [0.25, 0.3) is 0 Å². The van der Waals surface area contributed by atoms with Gasteiger partial charge in [-0.3, -0.25) is 4.79 Å². The Balaban J connectivity index is 0.00000144. The fourth-order valence-corrected chi connectivity index (χ4v) is 1.77. The summed E-state index contributed by atoms with van der Waals surface area (Å²) in [5, 5.41) is 9.28. The summed E-state index contributed by atoms with van der Waals surface area (Å²) in [5.41, 5.74) is 1.61. The first-order valence-corrected chi connectivity index (χ1v) is 5.12. The summed E-state index contributed by atoms with van der Waals surface area (Å²) in [7, 11) is 0. The van der Waals surface area contributed by atoms with Crippen LogP contribution in [-0.2, 0) is 4.79 Å². The van der Waals surface area contributed by atoms with Crippen LogP contribution in [0.1, 0.15) is 17.0 Å². The fourth-order valence-electron chi connectivity index (χ4n) is 1.77. The number of rotatable bonds is 3. The SMILES string of the molecule is O=C(O)C(c1ccccc1)c1ccccc1.[BaH2]. The molecule has 0 unspecified atom stereocenters. The van der Waals surface area contributed by atoms with Crippen molar-refractivity contribution >= 4 is 54.9 Å². The third-order valence-corrected chi connectivity index (χ3v) is 2.51. The van der Waals surface area contributed by atoms with Crippen molar-refractivity contribution < 1.29 is 9.90 Å². The molecule has 1 N–H and O–H groups in total. The topological polar surface area (TPSA) is 37.3 Å². The Bertz CT molecular complexity index is 429. The molecular weight excluding hydrogens is 337 g/mol. The molecule has 0 atom stereocenters. The molecule has 2 rings (SSSR count). The van der Waals surface area contributed by atoms with Crippen molar-refractivity contribution in [2.45, 2.75) is 5.92 Å². The second-order valence-corrected chi connectivity index (χ2v) is 3.59. The van der Waals surface area contributed by atoms with Crippen LogP contribution in [0.3, 0.4) is 0 Å². The molecule has 84 valence electrons. The van der Waals surface area contributed by atoms with Crippen molar-refractivity contribution in [2.24, 2.45) is 0 Å². The van der Waals surface area contributed by atoms with Gasteiger partial charge in [0.05, 0.1) is 0 Å². The Hall–Kier alpha value is -0.519. The van der Waals surface area contributed by atoms with E-state index in [4.69, 9.17) is 0 Å². The van der Waals surface area contributed by atoms with Gasteiger partial charge in [0.2, 0.25) is 0 Å². The number of benzene rings is 2. The van der Waals surface area contributed by atoms with E-state index in [1.165, 1.54) is 0 Å². The van der Waals surface area contributed by atoms with E-state index >= 15 is 0 Å². The molecule has 0 aliphatic heterocycles. The summed E-state index contributed by atoms with van der Waals surface area (Å²) in [6, 6.07) is 18.5. The number of hydrogen-bond donors (Lipinski definition) is 1. The van der Waals surface area contributed by atoms with E-state index in [-0.39, 0.29) is 48.9 Å². The zero-order valence-corrected chi connectivity index (χ0v) is 8.71. The summed E-state index contributed by atoms with van der Waals surface area (Å²) < 4.78 is 0. The standard InChI is InChI=1S/C14H12O2.Ba.2H/c15-14(16)13(11-7-3-1-4-8-11)12-9-5-2-6-10-12;;;/h1-10,13H,(H,15,16);;;. The second kappa shape index (κ2) is 7.04. The monoisotopic (exact) mass is 352 g/mol. The quantitative estimate of drug-likeness (QED) is 0.859. The summed E-state index contributed by atoms with van der Waals surface area (Å²) in [4.78, 5) is 11.3. The summed E-state index contributed by atoms with van der Waals surface area (Å²) >= 11 is 0. The van der Waals surface area contributed by atoms with Crippen LogP contribution in [0, 0.1) is 0 Å². The molecule has 0 heterocycles.